The van der Waals surface area contributed by atoms with Crippen molar-refractivity contribution in [3.8, 4) is 0 Å². The van der Waals surface area contributed by atoms with Crippen LogP contribution in [0.15, 0.2) is 18.2 Å². The first-order valence-corrected chi connectivity index (χ1v) is 6.21. The Bertz CT molecular complexity index is 504. The summed E-state index contributed by atoms with van der Waals surface area (Å²) < 4.78 is 38.2. The maximum Gasteiger partial charge on any atom is 0.418 e. The minimum absolute atomic E-state index is 0.157. The third kappa shape index (κ3) is 3.65. The van der Waals surface area contributed by atoms with E-state index >= 15 is 0 Å². The first-order valence-electron chi connectivity index (χ1n) is 6.21. The maximum absolute atomic E-state index is 12.7. The molecule has 0 saturated carbocycles. The highest BCUT2D eigenvalue weighted by molar-refractivity contribution is 6.00. The summed E-state index contributed by atoms with van der Waals surface area (Å²) in [5, 5.41) is 2.67. The minimum atomic E-state index is -4.57. The van der Waals surface area contributed by atoms with Gasteiger partial charge in [0.25, 0.3) is 5.91 Å². The molecule has 0 aliphatic rings. The Labute approximate surface area is 116 Å². The minimum Gasteiger partial charge on any atom is -0.398 e. The molecule has 1 atom stereocenters. The maximum atomic E-state index is 12.7. The van der Waals surface area contributed by atoms with Gasteiger partial charge in [0.2, 0.25) is 0 Å². The Morgan fingerprint density at radius 1 is 1.25 bits per heavy atom. The molecule has 1 amide bonds. The Kier molecular flexibility index (Phi) is 4.36. The van der Waals surface area contributed by atoms with Gasteiger partial charge in [0, 0.05) is 6.04 Å². The Morgan fingerprint density at radius 2 is 1.80 bits per heavy atom. The van der Waals surface area contributed by atoms with Gasteiger partial charge in [-0.05, 0) is 24.5 Å². The van der Waals surface area contributed by atoms with Gasteiger partial charge in [-0.3, -0.25) is 4.79 Å². The van der Waals surface area contributed by atoms with Crippen molar-refractivity contribution in [2.24, 2.45) is 5.41 Å². The van der Waals surface area contributed by atoms with E-state index < -0.39 is 23.3 Å². The van der Waals surface area contributed by atoms with Crippen molar-refractivity contribution in [1.82, 2.24) is 5.32 Å². The molecule has 0 aromatic heterocycles. The van der Waals surface area contributed by atoms with E-state index in [0.29, 0.717) is 0 Å². The van der Waals surface area contributed by atoms with Crippen LogP contribution in [0.4, 0.5) is 18.9 Å². The summed E-state index contributed by atoms with van der Waals surface area (Å²) >= 11 is 0. The van der Waals surface area contributed by atoms with Crippen LogP contribution < -0.4 is 11.1 Å². The van der Waals surface area contributed by atoms with Crippen LogP contribution >= 0.6 is 0 Å². The number of nitrogen functional groups attached to an aromatic ring is 1. The molecule has 3 nitrogen and oxygen atoms in total. The van der Waals surface area contributed by atoms with Gasteiger partial charge < -0.3 is 11.1 Å². The molecule has 0 aliphatic carbocycles. The average molecular weight is 288 g/mol. The second-order valence-electron chi connectivity index (χ2n) is 5.83. The molecule has 20 heavy (non-hydrogen) atoms. The summed E-state index contributed by atoms with van der Waals surface area (Å²) in [6.07, 6.45) is -4.57. The topological polar surface area (TPSA) is 55.1 Å². The second-order valence-corrected chi connectivity index (χ2v) is 5.83. The summed E-state index contributed by atoms with van der Waals surface area (Å²) in [6, 6.07) is 3.12. The highest BCUT2D eigenvalue weighted by Gasteiger charge is 2.34. The quantitative estimate of drug-likeness (QED) is 0.819. The van der Waals surface area contributed by atoms with Crippen LogP contribution in [0.2, 0.25) is 0 Å². The summed E-state index contributed by atoms with van der Waals surface area (Å²) in [4.78, 5) is 12.0. The fourth-order valence-corrected chi connectivity index (χ4v) is 1.50. The molecular formula is C14H19F3N2O. The third-order valence-corrected chi connectivity index (χ3v) is 3.30. The highest BCUT2D eigenvalue weighted by atomic mass is 19.4. The standard InChI is InChI=1S/C14H19F3N2O/c1-8(13(2,3)4)19-12(20)9-6-5-7-10(11(9)18)14(15,16)17/h5-8H,18H2,1-4H3,(H,19,20). The smallest absolute Gasteiger partial charge is 0.398 e. The normalized spacial score (nSPS) is 13.9. The van der Waals surface area contributed by atoms with E-state index in [2.05, 4.69) is 5.32 Å². The number of hydrogen-bond acceptors (Lipinski definition) is 2. The van der Waals surface area contributed by atoms with Gasteiger partial charge in [-0.2, -0.15) is 13.2 Å². The zero-order chi connectivity index (χ0) is 15.7. The molecule has 1 aromatic carbocycles. The summed E-state index contributed by atoms with van der Waals surface area (Å²) in [5.74, 6) is -0.601. The van der Waals surface area contributed by atoms with E-state index in [4.69, 9.17) is 5.73 Å². The first kappa shape index (κ1) is 16.3. The Balaban J connectivity index is 3.07. The van der Waals surface area contributed by atoms with Crippen molar-refractivity contribution in [2.45, 2.75) is 39.9 Å². The van der Waals surface area contributed by atoms with Crippen LogP contribution in [0.3, 0.4) is 0 Å². The van der Waals surface area contributed by atoms with Crippen LogP contribution in [0.1, 0.15) is 43.6 Å². The van der Waals surface area contributed by atoms with Gasteiger partial charge in [0.05, 0.1) is 16.8 Å². The fraction of sp³-hybridized carbons (Fsp3) is 0.500. The van der Waals surface area contributed by atoms with Gasteiger partial charge in [0.1, 0.15) is 0 Å². The fourth-order valence-electron chi connectivity index (χ4n) is 1.50. The van der Waals surface area contributed by atoms with Gasteiger partial charge in [-0.15, -0.1) is 0 Å². The predicted octanol–water partition coefficient (Wildman–Crippen LogP) is 3.45. The number of amides is 1. The molecule has 1 aromatic rings. The summed E-state index contributed by atoms with van der Waals surface area (Å²) in [5.41, 5.74) is 3.58. The van der Waals surface area contributed by atoms with Crippen molar-refractivity contribution in [2.75, 3.05) is 5.73 Å². The van der Waals surface area contributed by atoms with Gasteiger partial charge in [-0.1, -0.05) is 26.8 Å². The van der Waals surface area contributed by atoms with E-state index in [-0.39, 0.29) is 17.0 Å². The summed E-state index contributed by atoms with van der Waals surface area (Å²) in [7, 11) is 0. The number of para-hydroxylation sites is 1. The highest BCUT2D eigenvalue weighted by Crippen LogP contribution is 2.35. The van der Waals surface area contributed by atoms with Crippen LogP contribution in [-0.4, -0.2) is 11.9 Å². The van der Waals surface area contributed by atoms with E-state index in [1.54, 1.807) is 6.92 Å². The molecule has 0 bridgehead atoms. The number of benzene rings is 1. The van der Waals surface area contributed by atoms with Crippen LogP contribution in [-0.2, 0) is 6.18 Å². The van der Waals surface area contributed by atoms with Gasteiger partial charge in [-0.25, -0.2) is 0 Å². The number of alkyl halides is 3. The zero-order valence-corrected chi connectivity index (χ0v) is 11.9. The van der Waals surface area contributed by atoms with Crippen molar-refractivity contribution in [1.29, 1.82) is 0 Å². The van der Waals surface area contributed by atoms with E-state index in [0.717, 1.165) is 6.07 Å². The van der Waals surface area contributed by atoms with E-state index in [9.17, 15) is 18.0 Å². The molecule has 1 unspecified atom stereocenters. The lowest BCUT2D eigenvalue weighted by molar-refractivity contribution is -0.136. The number of nitrogens with two attached hydrogens (primary N) is 1. The monoisotopic (exact) mass is 288 g/mol. The molecule has 0 aliphatic heterocycles. The molecule has 0 heterocycles. The molecular weight excluding hydrogens is 269 g/mol. The van der Waals surface area contributed by atoms with Crippen LogP contribution in [0.5, 0.6) is 0 Å². The first-order chi connectivity index (χ1) is 8.94. The van der Waals surface area contributed by atoms with Crippen LogP contribution in [0, 0.1) is 5.41 Å². The number of hydrogen-bond donors (Lipinski definition) is 2. The van der Waals surface area contributed by atoms with Crippen molar-refractivity contribution >= 4 is 11.6 Å². The molecule has 0 fully saturated rings. The lowest BCUT2D eigenvalue weighted by Gasteiger charge is -2.28. The average Bonchev–Trinajstić information content (AvgIpc) is 2.26. The molecule has 0 radical (unpaired) electrons. The zero-order valence-electron chi connectivity index (χ0n) is 11.9. The van der Waals surface area contributed by atoms with Crippen molar-refractivity contribution in [3.63, 3.8) is 0 Å². The van der Waals surface area contributed by atoms with Gasteiger partial charge in [0.15, 0.2) is 0 Å². The van der Waals surface area contributed by atoms with E-state index in [1.807, 2.05) is 20.8 Å². The van der Waals surface area contributed by atoms with Crippen LogP contribution in [0.25, 0.3) is 0 Å². The number of nitrogens with one attached hydrogen (secondary N) is 1. The molecule has 112 valence electrons. The molecule has 3 N–H and O–H groups in total. The second kappa shape index (κ2) is 5.34. The molecule has 0 saturated heterocycles. The van der Waals surface area contributed by atoms with Crippen molar-refractivity contribution < 1.29 is 18.0 Å². The number of rotatable bonds is 2. The SMILES string of the molecule is CC(NC(=O)c1cccc(C(F)(F)F)c1N)C(C)(C)C. The number of carbonyl (C=O) groups is 1. The molecule has 6 heteroatoms. The van der Waals surface area contributed by atoms with E-state index in [1.165, 1.54) is 12.1 Å². The molecule has 1 rings (SSSR count). The van der Waals surface area contributed by atoms with Crippen molar-refractivity contribution in [3.05, 3.63) is 29.3 Å². The Morgan fingerprint density at radius 3 is 2.25 bits per heavy atom. The number of anilines is 1. The Hall–Kier alpha value is -1.72. The van der Waals surface area contributed by atoms with Gasteiger partial charge >= 0.3 is 6.18 Å². The molecule has 0 spiro atoms. The number of halogens is 3. The largest absolute Gasteiger partial charge is 0.418 e. The lowest BCUT2D eigenvalue weighted by atomic mass is 9.88. The number of carbonyl (C=O) groups excluding carboxylic acids is 1. The summed E-state index contributed by atoms with van der Waals surface area (Å²) in [6.45, 7) is 7.57. The lowest BCUT2D eigenvalue weighted by Crippen LogP contribution is -2.41. The predicted molar refractivity (Wildman–Crippen MR) is 72.2 cm³/mol. The third-order valence-electron chi connectivity index (χ3n) is 3.30.